The highest BCUT2D eigenvalue weighted by Crippen LogP contribution is 2.32. The second-order valence-electron chi connectivity index (χ2n) is 7.43. The number of hydrogen-bond acceptors (Lipinski definition) is 7. The first-order chi connectivity index (χ1) is 15.5. The molecule has 2 N–H and O–H groups in total. The molecule has 0 aliphatic carbocycles. The normalized spacial score (nSPS) is 15.2. The number of benzene rings is 2. The third kappa shape index (κ3) is 5.29. The molecule has 0 amide bonds. The number of rotatable bonds is 8. The van der Waals surface area contributed by atoms with Gasteiger partial charge in [-0.15, -0.1) is 0 Å². The van der Waals surface area contributed by atoms with Crippen molar-refractivity contribution in [1.82, 2.24) is 4.31 Å². The van der Waals surface area contributed by atoms with Crippen LogP contribution in [0.15, 0.2) is 40.1 Å². The number of nitrogens with zero attached hydrogens (tertiary/aromatic N) is 1. The third-order valence-electron chi connectivity index (χ3n) is 5.26. The van der Waals surface area contributed by atoms with E-state index in [0.29, 0.717) is 11.1 Å². The highest BCUT2D eigenvalue weighted by atomic mass is 32.2. The van der Waals surface area contributed by atoms with Gasteiger partial charge >= 0.3 is 5.97 Å². The number of carboxylic acids is 1. The van der Waals surface area contributed by atoms with Gasteiger partial charge in [-0.3, -0.25) is 4.72 Å². The van der Waals surface area contributed by atoms with Gasteiger partial charge in [0.05, 0.1) is 40.9 Å². The summed E-state index contributed by atoms with van der Waals surface area (Å²) in [5.41, 5.74) is 0.627. The number of morpholine rings is 1. The number of anilines is 1. The summed E-state index contributed by atoms with van der Waals surface area (Å²) in [6.45, 7) is 6.04. The van der Waals surface area contributed by atoms with E-state index < -0.39 is 26.0 Å². The zero-order valence-electron chi connectivity index (χ0n) is 18.5. The van der Waals surface area contributed by atoms with Gasteiger partial charge in [0.15, 0.2) is 0 Å². The lowest BCUT2D eigenvalue weighted by molar-refractivity contribution is 0.0696. The van der Waals surface area contributed by atoms with Crippen LogP contribution in [0.4, 0.5) is 5.69 Å². The van der Waals surface area contributed by atoms with Crippen LogP contribution in [-0.2, 0) is 24.8 Å². The van der Waals surface area contributed by atoms with E-state index in [2.05, 4.69) is 4.72 Å². The van der Waals surface area contributed by atoms with E-state index in [1.54, 1.807) is 20.8 Å². The molecule has 12 heteroatoms. The Hall–Kier alpha value is -2.67. The van der Waals surface area contributed by atoms with Crippen LogP contribution in [0.2, 0.25) is 0 Å². The van der Waals surface area contributed by atoms with Crippen molar-refractivity contribution >= 4 is 31.7 Å². The van der Waals surface area contributed by atoms with Crippen molar-refractivity contribution in [2.24, 2.45) is 0 Å². The molecule has 0 spiro atoms. The molecule has 0 aromatic heterocycles. The van der Waals surface area contributed by atoms with Crippen molar-refractivity contribution in [3.8, 4) is 5.75 Å². The SMILES string of the molecule is CCOc1ccc(S(=O)(=O)N2CCOCC2)cc1NS(=O)(=O)c1cc(C(=O)O)cc(C)c1C. The lowest BCUT2D eigenvalue weighted by Gasteiger charge is -2.26. The zero-order chi connectivity index (χ0) is 24.4. The fourth-order valence-electron chi connectivity index (χ4n) is 3.40. The molecule has 1 fully saturated rings. The molecule has 2 aromatic rings. The number of nitrogens with one attached hydrogen (secondary N) is 1. The summed E-state index contributed by atoms with van der Waals surface area (Å²) in [5.74, 6) is -1.12. The van der Waals surface area contributed by atoms with Gasteiger partial charge in [0.1, 0.15) is 5.75 Å². The minimum atomic E-state index is -4.27. The molecule has 0 bridgehead atoms. The molecule has 3 rings (SSSR count). The minimum absolute atomic E-state index is 0.0658. The summed E-state index contributed by atoms with van der Waals surface area (Å²) < 4.78 is 66.9. The topological polar surface area (TPSA) is 139 Å². The van der Waals surface area contributed by atoms with Crippen molar-refractivity contribution in [2.75, 3.05) is 37.6 Å². The van der Waals surface area contributed by atoms with Crippen LogP contribution in [0.25, 0.3) is 0 Å². The highest BCUT2D eigenvalue weighted by molar-refractivity contribution is 7.92. The van der Waals surface area contributed by atoms with Gasteiger partial charge in [0.25, 0.3) is 10.0 Å². The maximum Gasteiger partial charge on any atom is 0.335 e. The Morgan fingerprint density at radius 3 is 2.39 bits per heavy atom. The van der Waals surface area contributed by atoms with E-state index in [4.69, 9.17) is 9.47 Å². The van der Waals surface area contributed by atoms with Gasteiger partial charge in [-0.2, -0.15) is 4.31 Å². The maximum absolute atomic E-state index is 13.2. The highest BCUT2D eigenvalue weighted by Gasteiger charge is 2.28. The van der Waals surface area contributed by atoms with Crippen molar-refractivity contribution in [3.63, 3.8) is 0 Å². The van der Waals surface area contributed by atoms with Crippen molar-refractivity contribution < 1.29 is 36.2 Å². The molecular weight excluding hydrogens is 472 g/mol. The molecule has 2 aromatic carbocycles. The fraction of sp³-hybridized carbons (Fsp3) is 0.381. The zero-order valence-corrected chi connectivity index (χ0v) is 20.1. The first kappa shape index (κ1) is 25.0. The van der Waals surface area contributed by atoms with Gasteiger partial charge in [-0.25, -0.2) is 21.6 Å². The summed E-state index contributed by atoms with van der Waals surface area (Å²) >= 11 is 0. The number of aromatic carboxylic acids is 1. The fourth-order valence-corrected chi connectivity index (χ4v) is 6.24. The Kier molecular flexibility index (Phi) is 7.32. The van der Waals surface area contributed by atoms with Crippen molar-refractivity contribution in [1.29, 1.82) is 0 Å². The van der Waals surface area contributed by atoms with E-state index >= 15 is 0 Å². The molecule has 10 nitrogen and oxygen atoms in total. The van der Waals surface area contributed by atoms with Crippen LogP contribution in [-0.4, -0.2) is 65.1 Å². The van der Waals surface area contributed by atoms with Crippen LogP contribution in [0.3, 0.4) is 0 Å². The summed E-state index contributed by atoms with van der Waals surface area (Å²) in [6.07, 6.45) is 0. The average Bonchev–Trinajstić information content (AvgIpc) is 2.76. The first-order valence-corrected chi connectivity index (χ1v) is 13.1. The van der Waals surface area contributed by atoms with E-state index in [0.717, 1.165) is 6.07 Å². The van der Waals surface area contributed by atoms with E-state index in [1.807, 2.05) is 0 Å². The number of aryl methyl sites for hydroxylation is 1. The van der Waals surface area contributed by atoms with Crippen LogP contribution in [0.1, 0.15) is 28.4 Å². The van der Waals surface area contributed by atoms with Crippen LogP contribution < -0.4 is 9.46 Å². The summed E-state index contributed by atoms with van der Waals surface area (Å²) in [6, 6.07) is 6.41. The molecular formula is C21H26N2O8S2. The standard InChI is InChI=1S/C21H26N2O8S2/c1-4-31-19-6-5-17(33(28,29)23-7-9-30-10-8-23)13-18(19)22-32(26,27)20-12-16(21(24)25)11-14(2)15(20)3/h5-6,11-13,22H,4,7-10H2,1-3H3,(H,24,25). The lowest BCUT2D eigenvalue weighted by atomic mass is 10.1. The van der Waals surface area contributed by atoms with Crippen LogP contribution in [0, 0.1) is 13.8 Å². The number of hydrogen-bond donors (Lipinski definition) is 2. The lowest BCUT2D eigenvalue weighted by Crippen LogP contribution is -2.40. The third-order valence-corrected chi connectivity index (χ3v) is 8.65. The molecule has 1 aliphatic heterocycles. The summed E-state index contributed by atoms with van der Waals surface area (Å²) in [5, 5.41) is 9.33. The molecule has 0 saturated carbocycles. The quantitative estimate of drug-likeness (QED) is 0.565. The van der Waals surface area contributed by atoms with Gasteiger partial charge < -0.3 is 14.6 Å². The molecule has 33 heavy (non-hydrogen) atoms. The Balaban J connectivity index is 2.07. The molecule has 1 aliphatic rings. The Labute approximate surface area is 193 Å². The molecule has 1 saturated heterocycles. The summed E-state index contributed by atoms with van der Waals surface area (Å²) in [4.78, 5) is 11.1. The predicted molar refractivity (Wildman–Crippen MR) is 121 cm³/mol. The van der Waals surface area contributed by atoms with E-state index in [-0.39, 0.29) is 59.7 Å². The minimum Gasteiger partial charge on any atom is -0.492 e. The van der Waals surface area contributed by atoms with E-state index in [9.17, 15) is 26.7 Å². The molecule has 0 unspecified atom stereocenters. The Bertz CT molecular complexity index is 1270. The van der Waals surface area contributed by atoms with Gasteiger partial charge in [-0.1, -0.05) is 0 Å². The smallest absolute Gasteiger partial charge is 0.335 e. The van der Waals surface area contributed by atoms with Gasteiger partial charge in [0.2, 0.25) is 10.0 Å². The number of sulfonamides is 2. The van der Waals surface area contributed by atoms with Gasteiger partial charge in [0, 0.05) is 13.1 Å². The van der Waals surface area contributed by atoms with Crippen LogP contribution in [0.5, 0.6) is 5.75 Å². The van der Waals surface area contributed by atoms with Gasteiger partial charge in [-0.05, 0) is 62.2 Å². The molecule has 0 atom stereocenters. The van der Waals surface area contributed by atoms with E-state index in [1.165, 1.54) is 28.6 Å². The molecule has 1 heterocycles. The number of ether oxygens (including phenoxy) is 2. The van der Waals surface area contributed by atoms with Crippen LogP contribution >= 0.6 is 0 Å². The van der Waals surface area contributed by atoms with Crippen molar-refractivity contribution in [2.45, 2.75) is 30.6 Å². The number of carbonyl (C=O) groups is 1. The summed E-state index contributed by atoms with van der Waals surface area (Å²) in [7, 11) is -8.16. The predicted octanol–water partition coefficient (Wildman–Crippen LogP) is 2.22. The Morgan fingerprint density at radius 1 is 1.12 bits per heavy atom. The molecule has 180 valence electrons. The number of carboxylic acid groups (broad SMARTS) is 1. The monoisotopic (exact) mass is 498 g/mol. The largest absolute Gasteiger partial charge is 0.492 e. The maximum atomic E-state index is 13.2. The second-order valence-corrected chi connectivity index (χ2v) is 11.0. The Morgan fingerprint density at radius 2 is 1.79 bits per heavy atom. The second kappa shape index (κ2) is 9.67. The molecule has 0 radical (unpaired) electrons. The first-order valence-electron chi connectivity index (χ1n) is 10.2. The van der Waals surface area contributed by atoms with Crippen molar-refractivity contribution in [3.05, 3.63) is 47.0 Å². The average molecular weight is 499 g/mol.